The van der Waals surface area contributed by atoms with Gasteiger partial charge in [-0.15, -0.1) is 11.3 Å². The van der Waals surface area contributed by atoms with Crippen LogP contribution in [0.15, 0.2) is 30.3 Å². The third-order valence-electron chi connectivity index (χ3n) is 5.02. The van der Waals surface area contributed by atoms with Crippen LogP contribution < -0.4 is 11.1 Å². The zero-order chi connectivity index (χ0) is 19.7. The Bertz CT molecular complexity index is 1080. The molecule has 0 fully saturated rings. The Morgan fingerprint density at radius 1 is 1.18 bits per heavy atom. The van der Waals surface area contributed by atoms with Crippen LogP contribution in [-0.2, 0) is 12.8 Å². The number of nitrogens with one attached hydrogen (secondary N) is 1. The fourth-order valence-corrected chi connectivity index (χ4v) is 4.56. The van der Waals surface area contributed by atoms with Crippen LogP contribution in [0.2, 0.25) is 0 Å². The highest BCUT2D eigenvalue weighted by molar-refractivity contribution is 7.21. The number of pyridine rings is 1. The molecule has 0 radical (unpaired) electrons. The minimum absolute atomic E-state index is 0.0800. The molecule has 0 saturated heterocycles. The molecule has 0 saturated carbocycles. The molecular formula is C20H20N4O3S. The molecule has 1 aliphatic rings. The van der Waals surface area contributed by atoms with Crippen molar-refractivity contribution in [3.63, 3.8) is 0 Å². The van der Waals surface area contributed by atoms with Gasteiger partial charge in [-0.1, -0.05) is 18.9 Å². The quantitative estimate of drug-likeness (QED) is 0.492. The molecule has 4 rings (SSSR count). The summed E-state index contributed by atoms with van der Waals surface area (Å²) in [5.41, 5.74) is 9.31. The van der Waals surface area contributed by atoms with Gasteiger partial charge in [0.15, 0.2) is 0 Å². The summed E-state index contributed by atoms with van der Waals surface area (Å²) in [5, 5.41) is 14.4. The smallest absolute Gasteiger partial charge is 0.271 e. The van der Waals surface area contributed by atoms with E-state index >= 15 is 0 Å². The minimum atomic E-state index is -0.497. The first-order chi connectivity index (χ1) is 13.5. The van der Waals surface area contributed by atoms with Crippen molar-refractivity contribution in [2.75, 3.05) is 11.1 Å². The number of nitrogens with zero attached hydrogens (tertiary/aromatic N) is 2. The summed E-state index contributed by atoms with van der Waals surface area (Å²) in [6, 6.07) is 7.93. The summed E-state index contributed by atoms with van der Waals surface area (Å²) >= 11 is 1.26. The van der Waals surface area contributed by atoms with Crippen molar-refractivity contribution in [2.24, 2.45) is 0 Å². The van der Waals surface area contributed by atoms with Crippen LogP contribution in [0.4, 0.5) is 17.1 Å². The van der Waals surface area contributed by atoms with Crippen LogP contribution in [0.3, 0.4) is 0 Å². The molecule has 7 nitrogen and oxygen atoms in total. The number of nitro benzene ring substituents is 1. The van der Waals surface area contributed by atoms with Crippen molar-refractivity contribution in [2.45, 2.75) is 38.5 Å². The molecule has 1 aromatic carbocycles. The normalized spacial score (nSPS) is 14.1. The maximum Gasteiger partial charge on any atom is 0.271 e. The highest BCUT2D eigenvalue weighted by Gasteiger charge is 2.20. The second-order valence-corrected chi connectivity index (χ2v) is 7.97. The Morgan fingerprint density at radius 3 is 2.75 bits per heavy atom. The molecule has 8 heteroatoms. The van der Waals surface area contributed by atoms with Crippen molar-refractivity contribution >= 4 is 44.5 Å². The van der Waals surface area contributed by atoms with Crippen molar-refractivity contribution in [1.82, 2.24) is 4.98 Å². The summed E-state index contributed by atoms with van der Waals surface area (Å²) in [4.78, 5) is 29.1. The Balaban J connectivity index is 1.66. The number of thiophene rings is 1. The number of rotatable bonds is 3. The van der Waals surface area contributed by atoms with Gasteiger partial charge in [-0.3, -0.25) is 14.9 Å². The third kappa shape index (κ3) is 3.55. The molecule has 2 aromatic heterocycles. The van der Waals surface area contributed by atoms with E-state index in [0.717, 1.165) is 41.6 Å². The number of aryl methyl sites for hydroxylation is 2. The van der Waals surface area contributed by atoms with E-state index in [1.165, 1.54) is 47.9 Å². The van der Waals surface area contributed by atoms with Crippen molar-refractivity contribution in [3.8, 4) is 0 Å². The Hall–Kier alpha value is -3.00. The second-order valence-electron chi connectivity index (χ2n) is 6.97. The number of fused-ring (bicyclic) bond motifs is 2. The van der Waals surface area contributed by atoms with Crippen molar-refractivity contribution in [3.05, 3.63) is 56.6 Å². The molecule has 144 valence electrons. The predicted octanol–water partition coefficient (Wildman–Crippen LogP) is 4.70. The molecule has 0 atom stereocenters. The van der Waals surface area contributed by atoms with Gasteiger partial charge in [-0.05, 0) is 43.4 Å². The Kier molecular flexibility index (Phi) is 4.95. The first-order valence-corrected chi connectivity index (χ1v) is 10.1. The number of benzene rings is 1. The van der Waals surface area contributed by atoms with Gasteiger partial charge in [0.05, 0.1) is 10.6 Å². The van der Waals surface area contributed by atoms with Crippen LogP contribution in [0, 0.1) is 10.1 Å². The van der Waals surface area contributed by atoms with Crippen LogP contribution in [-0.4, -0.2) is 15.8 Å². The number of amides is 1. The molecule has 0 unspecified atom stereocenters. The van der Waals surface area contributed by atoms with Crippen LogP contribution in [0.1, 0.15) is 46.6 Å². The molecule has 2 heterocycles. The minimum Gasteiger partial charge on any atom is -0.397 e. The van der Waals surface area contributed by atoms with E-state index < -0.39 is 4.92 Å². The molecule has 0 aliphatic heterocycles. The number of nitrogens with two attached hydrogens (primary N) is 1. The van der Waals surface area contributed by atoms with Gasteiger partial charge in [-0.25, -0.2) is 4.98 Å². The van der Waals surface area contributed by atoms with Gasteiger partial charge in [0.1, 0.15) is 9.71 Å². The van der Waals surface area contributed by atoms with Crippen molar-refractivity contribution < 1.29 is 9.72 Å². The molecule has 3 N–H and O–H groups in total. The maximum atomic E-state index is 12.7. The highest BCUT2D eigenvalue weighted by atomic mass is 32.1. The van der Waals surface area contributed by atoms with Crippen LogP contribution in [0.5, 0.6) is 0 Å². The Labute approximate surface area is 165 Å². The van der Waals surface area contributed by atoms with E-state index in [0.29, 0.717) is 16.3 Å². The first kappa shape index (κ1) is 18.4. The maximum absolute atomic E-state index is 12.7. The van der Waals surface area contributed by atoms with Gasteiger partial charge in [0.2, 0.25) is 0 Å². The molecule has 3 aromatic rings. The number of nitrogen functional groups attached to an aromatic ring is 1. The summed E-state index contributed by atoms with van der Waals surface area (Å²) < 4.78 is 0. The predicted molar refractivity (Wildman–Crippen MR) is 111 cm³/mol. The first-order valence-electron chi connectivity index (χ1n) is 9.29. The lowest BCUT2D eigenvalue weighted by atomic mass is 9.96. The van der Waals surface area contributed by atoms with E-state index in [-0.39, 0.29) is 11.6 Å². The average Bonchev–Trinajstić information content (AvgIpc) is 2.98. The van der Waals surface area contributed by atoms with E-state index in [2.05, 4.69) is 11.4 Å². The number of aromatic nitrogens is 1. The number of carbonyl (C=O) groups is 1. The SMILES string of the molecule is Nc1c(C(=O)Nc2cccc([N+](=O)[O-])c2)sc2nc3c(cc12)CCCCCC3. The van der Waals surface area contributed by atoms with Gasteiger partial charge in [0, 0.05) is 28.9 Å². The van der Waals surface area contributed by atoms with E-state index in [4.69, 9.17) is 10.7 Å². The topological polar surface area (TPSA) is 111 Å². The number of anilines is 2. The number of hydrogen-bond acceptors (Lipinski definition) is 6. The van der Waals surface area contributed by atoms with Gasteiger partial charge >= 0.3 is 0 Å². The molecule has 1 aliphatic carbocycles. The summed E-state index contributed by atoms with van der Waals surface area (Å²) in [6.45, 7) is 0. The van der Waals surface area contributed by atoms with E-state index in [1.54, 1.807) is 6.07 Å². The zero-order valence-electron chi connectivity index (χ0n) is 15.2. The van der Waals surface area contributed by atoms with E-state index in [1.807, 2.05) is 0 Å². The second kappa shape index (κ2) is 7.55. The molecule has 28 heavy (non-hydrogen) atoms. The molecular weight excluding hydrogens is 376 g/mol. The number of non-ortho nitro benzene ring substituents is 1. The number of nitro groups is 1. The molecule has 0 spiro atoms. The third-order valence-corrected chi connectivity index (χ3v) is 6.13. The average molecular weight is 396 g/mol. The van der Waals surface area contributed by atoms with E-state index in [9.17, 15) is 14.9 Å². The zero-order valence-corrected chi connectivity index (χ0v) is 16.1. The lowest BCUT2D eigenvalue weighted by molar-refractivity contribution is -0.384. The van der Waals surface area contributed by atoms with Crippen molar-refractivity contribution in [1.29, 1.82) is 0 Å². The summed E-state index contributed by atoms with van der Waals surface area (Å²) in [5.74, 6) is -0.381. The molecule has 1 amide bonds. The lowest BCUT2D eigenvalue weighted by Gasteiger charge is -2.12. The van der Waals surface area contributed by atoms with Gasteiger partial charge in [-0.2, -0.15) is 0 Å². The van der Waals surface area contributed by atoms with Crippen LogP contribution in [0.25, 0.3) is 10.2 Å². The summed E-state index contributed by atoms with van der Waals surface area (Å²) in [6.07, 6.45) is 6.67. The van der Waals surface area contributed by atoms with Gasteiger partial charge < -0.3 is 11.1 Å². The number of hydrogen-bond donors (Lipinski definition) is 2. The monoisotopic (exact) mass is 396 g/mol. The van der Waals surface area contributed by atoms with Gasteiger partial charge in [0.25, 0.3) is 11.6 Å². The molecule has 0 bridgehead atoms. The Morgan fingerprint density at radius 2 is 1.96 bits per heavy atom. The fraction of sp³-hybridized carbons (Fsp3) is 0.300. The lowest BCUT2D eigenvalue weighted by Crippen LogP contribution is -2.12. The standard InChI is InChI=1S/C20H20N4O3S/c21-17-15-10-12-6-3-1-2-4-9-16(12)23-20(15)28-18(17)19(25)22-13-7-5-8-14(11-13)24(26)27/h5,7-8,10-11H,1-4,6,9,21H2,(H,22,25). The fourth-order valence-electron chi connectivity index (χ4n) is 3.57. The largest absolute Gasteiger partial charge is 0.397 e. The highest BCUT2D eigenvalue weighted by Crippen LogP contribution is 2.35. The summed E-state index contributed by atoms with van der Waals surface area (Å²) in [7, 11) is 0. The number of carbonyl (C=O) groups excluding carboxylic acids is 1. The van der Waals surface area contributed by atoms with Crippen LogP contribution >= 0.6 is 11.3 Å².